The summed E-state index contributed by atoms with van der Waals surface area (Å²) in [6.45, 7) is 0.0753. The van der Waals surface area contributed by atoms with Gasteiger partial charge in [-0.15, -0.1) is 0 Å². The fourth-order valence-electron chi connectivity index (χ4n) is 1.80. The average molecular weight is 269 g/mol. The number of rotatable bonds is 5. The van der Waals surface area contributed by atoms with E-state index in [0.717, 1.165) is 0 Å². The molecule has 4 nitrogen and oxygen atoms in total. The Bertz CT molecular complexity index is 619. The first-order valence-corrected chi connectivity index (χ1v) is 6.18. The molecule has 0 aromatic heterocycles. The van der Waals surface area contributed by atoms with E-state index in [2.05, 4.69) is 6.07 Å². The molecule has 2 aromatic carbocycles. The van der Waals surface area contributed by atoms with Crippen molar-refractivity contribution in [3.05, 3.63) is 59.7 Å². The number of nitrogens with zero attached hydrogens (tertiary/aromatic N) is 1. The summed E-state index contributed by atoms with van der Waals surface area (Å²) in [5.41, 5.74) is 1.16. The third kappa shape index (κ3) is 3.28. The standard InChI is InChI=1S/C16H15NO3/c1-19-14-7-4-6-12(9-14)15(18)11-20-16-8-3-2-5-13(16)10-17/h2-9,15,18H,11H2,1H3. The van der Waals surface area contributed by atoms with Crippen molar-refractivity contribution in [1.82, 2.24) is 0 Å². The van der Waals surface area contributed by atoms with Gasteiger partial charge in [-0.3, -0.25) is 0 Å². The summed E-state index contributed by atoms with van der Waals surface area (Å²) in [6, 6.07) is 16.1. The fraction of sp³-hybridized carbons (Fsp3) is 0.188. The lowest BCUT2D eigenvalue weighted by molar-refractivity contribution is 0.108. The zero-order valence-corrected chi connectivity index (χ0v) is 11.1. The molecule has 0 saturated heterocycles. The quantitative estimate of drug-likeness (QED) is 0.906. The van der Waals surface area contributed by atoms with Gasteiger partial charge in [0.05, 0.1) is 12.7 Å². The molecule has 2 aromatic rings. The van der Waals surface area contributed by atoms with Crippen molar-refractivity contribution in [2.75, 3.05) is 13.7 Å². The van der Waals surface area contributed by atoms with Crippen molar-refractivity contribution in [2.24, 2.45) is 0 Å². The molecule has 0 spiro atoms. The Hall–Kier alpha value is -2.51. The number of benzene rings is 2. The van der Waals surface area contributed by atoms with E-state index in [0.29, 0.717) is 22.6 Å². The Balaban J connectivity index is 2.05. The van der Waals surface area contributed by atoms with Gasteiger partial charge in [-0.1, -0.05) is 24.3 Å². The molecule has 20 heavy (non-hydrogen) atoms. The van der Waals surface area contributed by atoms with Crippen LogP contribution in [0.2, 0.25) is 0 Å². The predicted molar refractivity (Wildman–Crippen MR) is 74.6 cm³/mol. The van der Waals surface area contributed by atoms with Crippen LogP contribution in [0.4, 0.5) is 0 Å². The highest BCUT2D eigenvalue weighted by atomic mass is 16.5. The maximum atomic E-state index is 10.1. The first-order chi connectivity index (χ1) is 9.74. The predicted octanol–water partition coefficient (Wildman–Crippen LogP) is 2.68. The number of aliphatic hydroxyl groups excluding tert-OH is 1. The molecule has 0 amide bonds. The molecule has 4 heteroatoms. The third-order valence-electron chi connectivity index (χ3n) is 2.88. The largest absolute Gasteiger partial charge is 0.497 e. The monoisotopic (exact) mass is 269 g/mol. The molecule has 1 N–H and O–H groups in total. The van der Waals surface area contributed by atoms with Gasteiger partial charge in [0.25, 0.3) is 0 Å². The summed E-state index contributed by atoms with van der Waals surface area (Å²) >= 11 is 0. The molecular weight excluding hydrogens is 254 g/mol. The van der Waals surface area contributed by atoms with Crippen LogP contribution in [-0.4, -0.2) is 18.8 Å². The van der Waals surface area contributed by atoms with Gasteiger partial charge >= 0.3 is 0 Å². The molecule has 0 aliphatic rings. The van der Waals surface area contributed by atoms with Crippen LogP contribution in [0.25, 0.3) is 0 Å². The number of aliphatic hydroxyl groups is 1. The first-order valence-electron chi connectivity index (χ1n) is 6.18. The minimum atomic E-state index is -0.781. The second-order valence-corrected chi connectivity index (χ2v) is 4.21. The molecule has 0 aliphatic heterocycles. The van der Waals surface area contributed by atoms with Crippen LogP contribution in [0.5, 0.6) is 11.5 Å². The van der Waals surface area contributed by atoms with E-state index in [1.807, 2.05) is 6.07 Å². The lowest BCUT2D eigenvalue weighted by Gasteiger charge is -2.14. The molecule has 1 atom stereocenters. The fourth-order valence-corrected chi connectivity index (χ4v) is 1.80. The van der Waals surface area contributed by atoms with Gasteiger partial charge < -0.3 is 14.6 Å². The van der Waals surface area contributed by atoms with Gasteiger partial charge in [0.15, 0.2) is 0 Å². The molecule has 0 bridgehead atoms. The number of para-hydroxylation sites is 1. The summed E-state index contributed by atoms with van der Waals surface area (Å²) in [5, 5.41) is 19.1. The van der Waals surface area contributed by atoms with Gasteiger partial charge in [-0.05, 0) is 29.8 Å². The lowest BCUT2D eigenvalue weighted by atomic mass is 10.1. The molecule has 0 heterocycles. The van der Waals surface area contributed by atoms with Gasteiger partial charge in [-0.25, -0.2) is 0 Å². The van der Waals surface area contributed by atoms with E-state index < -0.39 is 6.10 Å². The topological polar surface area (TPSA) is 62.5 Å². The molecule has 0 fully saturated rings. The molecule has 0 aliphatic carbocycles. The number of ether oxygens (including phenoxy) is 2. The van der Waals surface area contributed by atoms with E-state index in [1.165, 1.54) is 0 Å². The molecule has 2 rings (SSSR count). The van der Waals surface area contributed by atoms with Gasteiger partial charge in [0.2, 0.25) is 0 Å². The van der Waals surface area contributed by atoms with Crippen LogP contribution in [0.3, 0.4) is 0 Å². The normalized spacial score (nSPS) is 11.4. The molecule has 102 valence electrons. The Kier molecular flexibility index (Phi) is 4.59. The van der Waals surface area contributed by atoms with E-state index in [-0.39, 0.29) is 6.61 Å². The highest BCUT2D eigenvalue weighted by molar-refractivity contribution is 5.42. The maximum absolute atomic E-state index is 10.1. The van der Waals surface area contributed by atoms with Crippen LogP contribution >= 0.6 is 0 Å². The number of hydrogen-bond donors (Lipinski definition) is 1. The smallest absolute Gasteiger partial charge is 0.137 e. The summed E-state index contributed by atoms with van der Waals surface area (Å²) in [5.74, 6) is 1.15. The van der Waals surface area contributed by atoms with Crippen LogP contribution < -0.4 is 9.47 Å². The van der Waals surface area contributed by atoms with E-state index in [1.54, 1.807) is 49.6 Å². The van der Waals surface area contributed by atoms with E-state index >= 15 is 0 Å². The van der Waals surface area contributed by atoms with Crippen LogP contribution in [0.15, 0.2) is 48.5 Å². The lowest BCUT2D eigenvalue weighted by Crippen LogP contribution is -2.10. The molecule has 1 unspecified atom stereocenters. The van der Waals surface area contributed by atoms with Crippen molar-refractivity contribution in [3.8, 4) is 17.6 Å². The second-order valence-electron chi connectivity index (χ2n) is 4.21. The van der Waals surface area contributed by atoms with Gasteiger partial charge in [0.1, 0.15) is 30.3 Å². The average Bonchev–Trinajstić information content (AvgIpc) is 2.52. The Labute approximate surface area is 117 Å². The highest BCUT2D eigenvalue weighted by Gasteiger charge is 2.10. The summed E-state index contributed by atoms with van der Waals surface area (Å²) in [4.78, 5) is 0. The third-order valence-corrected chi connectivity index (χ3v) is 2.88. The Morgan fingerprint density at radius 3 is 2.75 bits per heavy atom. The zero-order chi connectivity index (χ0) is 14.4. The molecule has 0 radical (unpaired) electrons. The number of methoxy groups -OCH3 is 1. The summed E-state index contributed by atoms with van der Waals surface area (Å²) < 4.78 is 10.6. The summed E-state index contributed by atoms with van der Waals surface area (Å²) in [7, 11) is 1.57. The van der Waals surface area contributed by atoms with E-state index in [9.17, 15) is 5.11 Å². The van der Waals surface area contributed by atoms with Gasteiger partial charge in [0, 0.05) is 0 Å². The molecule has 0 saturated carbocycles. The maximum Gasteiger partial charge on any atom is 0.137 e. The van der Waals surface area contributed by atoms with Crippen molar-refractivity contribution >= 4 is 0 Å². The second kappa shape index (κ2) is 6.60. The summed E-state index contributed by atoms with van der Waals surface area (Å²) in [6.07, 6.45) is -0.781. The SMILES string of the molecule is COc1cccc(C(O)COc2ccccc2C#N)c1. The minimum Gasteiger partial charge on any atom is -0.497 e. The Morgan fingerprint density at radius 2 is 2.00 bits per heavy atom. The van der Waals surface area contributed by atoms with Crippen LogP contribution in [0, 0.1) is 11.3 Å². The number of hydrogen-bond acceptors (Lipinski definition) is 4. The van der Waals surface area contributed by atoms with Crippen molar-refractivity contribution < 1.29 is 14.6 Å². The minimum absolute atomic E-state index is 0.0753. The number of nitriles is 1. The van der Waals surface area contributed by atoms with Crippen molar-refractivity contribution in [2.45, 2.75) is 6.10 Å². The van der Waals surface area contributed by atoms with Gasteiger partial charge in [-0.2, -0.15) is 5.26 Å². The van der Waals surface area contributed by atoms with Crippen molar-refractivity contribution in [3.63, 3.8) is 0 Å². The van der Waals surface area contributed by atoms with Crippen molar-refractivity contribution in [1.29, 1.82) is 5.26 Å². The molecular formula is C16H15NO3. The van der Waals surface area contributed by atoms with Crippen LogP contribution in [0.1, 0.15) is 17.2 Å². The Morgan fingerprint density at radius 1 is 1.20 bits per heavy atom. The van der Waals surface area contributed by atoms with E-state index in [4.69, 9.17) is 14.7 Å². The first kappa shape index (κ1) is 13.9. The zero-order valence-electron chi connectivity index (χ0n) is 11.1. The van der Waals surface area contributed by atoms with Crippen LogP contribution in [-0.2, 0) is 0 Å². The highest BCUT2D eigenvalue weighted by Crippen LogP contribution is 2.22.